The largest absolute Gasteiger partial charge is 0.317 e. The van der Waals surface area contributed by atoms with Crippen molar-refractivity contribution in [3.63, 3.8) is 0 Å². The summed E-state index contributed by atoms with van der Waals surface area (Å²) < 4.78 is 0. The van der Waals surface area contributed by atoms with E-state index in [9.17, 15) is 0 Å². The lowest BCUT2D eigenvalue weighted by molar-refractivity contribution is 0.175. The third kappa shape index (κ3) is 4.05. The van der Waals surface area contributed by atoms with Gasteiger partial charge in [0, 0.05) is 11.1 Å². The Kier molecular flexibility index (Phi) is 4.95. The van der Waals surface area contributed by atoms with E-state index >= 15 is 0 Å². The van der Waals surface area contributed by atoms with Gasteiger partial charge in [-0.3, -0.25) is 4.90 Å². The van der Waals surface area contributed by atoms with E-state index in [1.807, 2.05) is 0 Å². The average Bonchev–Trinajstić information content (AvgIpc) is 2.74. The second kappa shape index (κ2) is 6.47. The lowest BCUT2D eigenvalue weighted by Gasteiger charge is -2.31. The Bertz CT molecular complexity index is 329. The van der Waals surface area contributed by atoms with Gasteiger partial charge in [0.1, 0.15) is 5.01 Å². The molecule has 4 heteroatoms. The topological polar surface area (TPSA) is 28.2 Å². The van der Waals surface area contributed by atoms with E-state index in [-0.39, 0.29) is 0 Å². The third-order valence-corrected chi connectivity index (χ3v) is 4.37. The molecule has 0 aliphatic carbocycles. The Morgan fingerprint density at radius 1 is 1.47 bits per heavy atom. The summed E-state index contributed by atoms with van der Waals surface area (Å²) in [6.45, 7) is 10.1. The Labute approximate surface area is 108 Å². The van der Waals surface area contributed by atoms with Gasteiger partial charge in [-0.15, -0.1) is 11.3 Å². The van der Waals surface area contributed by atoms with E-state index in [1.165, 1.54) is 37.5 Å². The molecule has 2 rings (SSSR count). The number of hydrogen-bond donors (Lipinski definition) is 1. The Balaban J connectivity index is 1.72. The number of piperidine rings is 1. The molecule has 1 aromatic heterocycles. The highest BCUT2D eigenvalue weighted by molar-refractivity contribution is 7.09. The van der Waals surface area contributed by atoms with Crippen molar-refractivity contribution in [1.29, 1.82) is 0 Å². The van der Waals surface area contributed by atoms with Gasteiger partial charge in [-0.1, -0.05) is 6.92 Å². The van der Waals surface area contributed by atoms with Crippen LogP contribution in [0.25, 0.3) is 0 Å². The Hall–Kier alpha value is -0.450. The smallest absolute Gasteiger partial charge is 0.107 e. The SMILES string of the molecule is CCNCC1CCN(Cc2nc(C)cs2)CC1. The molecule has 0 bridgehead atoms. The fourth-order valence-corrected chi connectivity index (χ4v) is 3.18. The van der Waals surface area contributed by atoms with Crippen molar-refractivity contribution in [3.8, 4) is 0 Å². The number of hydrogen-bond acceptors (Lipinski definition) is 4. The molecule has 0 radical (unpaired) electrons. The summed E-state index contributed by atoms with van der Waals surface area (Å²) in [6.07, 6.45) is 2.66. The van der Waals surface area contributed by atoms with Crippen LogP contribution in [0.15, 0.2) is 5.38 Å². The molecule has 1 aromatic rings. The van der Waals surface area contributed by atoms with E-state index in [1.54, 1.807) is 11.3 Å². The van der Waals surface area contributed by atoms with Crippen LogP contribution in [0.3, 0.4) is 0 Å². The van der Waals surface area contributed by atoms with Crippen LogP contribution in [0.5, 0.6) is 0 Å². The molecule has 0 spiro atoms. The van der Waals surface area contributed by atoms with Gasteiger partial charge >= 0.3 is 0 Å². The predicted molar refractivity (Wildman–Crippen MR) is 73.4 cm³/mol. The van der Waals surface area contributed by atoms with Gasteiger partial charge in [0.25, 0.3) is 0 Å². The van der Waals surface area contributed by atoms with Crippen LogP contribution in [0, 0.1) is 12.8 Å². The van der Waals surface area contributed by atoms with E-state index in [0.29, 0.717) is 0 Å². The summed E-state index contributed by atoms with van der Waals surface area (Å²) in [5.74, 6) is 0.879. The maximum atomic E-state index is 4.54. The van der Waals surface area contributed by atoms with E-state index in [0.717, 1.165) is 24.7 Å². The molecule has 17 heavy (non-hydrogen) atoms. The van der Waals surface area contributed by atoms with Gasteiger partial charge in [-0.05, 0) is 51.9 Å². The monoisotopic (exact) mass is 253 g/mol. The fourth-order valence-electron chi connectivity index (χ4n) is 2.36. The first-order valence-corrected chi connectivity index (χ1v) is 7.50. The first kappa shape index (κ1) is 13.0. The fraction of sp³-hybridized carbons (Fsp3) is 0.769. The first-order valence-electron chi connectivity index (χ1n) is 6.62. The van der Waals surface area contributed by atoms with Gasteiger partial charge in [0.2, 0.25) is 0 Å². The lowest BCUT2D eigenvalue weighted by Crippen LogP contribution is -2.36. The first-order chi connectivity index (χ1) is 8.28. The van der Waals surface area contributed by atoms with Crippen LogP contribution in [0.1, 0.15) is 30.5 Å². The summed E-state index contributed by atoms with van der Waals surface area (Å²) >= 11 is 1.79. The molecular weight excluding hydrogens is 230 g/mol. The van der Waals surface area contributed by atoms with Gasteiger partial charge in [-0.25, -0.2) is 4.98 Å². The molecule has 2 heterocycles. The number of rotatable bonds is 5. The van der Waals surface area contributed by atoms with Gasteiger partial charge in [0.05, 0.1) is 6.54 Å². The molecule has 0 aromatic carbocycles. The molecule has 0 atom stereocenters. The number of aromatic nitrogens is 1. The zero-order chi connectivity index (χ0) is 12.1. The number of likely N-dealkylation sites (tertiary alicyclic amines) is 1. The second-order valence-corrected chi connectivity index (χ2v) is 5.85. The zero-order valence-corrected chi connectivity index (χ0v) is 11.7. The molecule has 0 unspecified atom stereocenters. The maximum Gasteiger partial charge on any atom is 0.107 e. The van der Waals surface area contributed by atoms with Crippen molar-refractivity contribution in [1.82, 2.24) is 15.2 Å². The third-order valence-electron chi connectivity index (χ3n) is 3.42. The molecule has 0 saturated carbocycles. The van der Waals surface area contributed by atoms with Crippen LogP contribution < -0.4 is 5.32 Å². The van der Waals surface area contributed by atoms with E-state index in [2.05, 4.69) is 34.4 Å². The van der Waals surface area contributed by atoms with Crippen LogP contribution in [0.4, 0.5) is 0 Å². The van der Waals surface area contributed by atoms with Crippen LogP contribution >= 0.6 is 11.3 Å². The number of nitrogens with one attached hydrogen (secondary N) is 1. The van der Waals surface area contributed by atoms with Crippen LogP contribution in [-0.2, 0) is 6.54 Å². The summed E-state index contributed by atoms with van der Waals surface area (Å²) in [5.41, 5.74) is 1.16. The highest BCUT2D eigenvalue weighted by atomic mass is 32.1. The molecule has 3 nitrogen and oxygen atoms in total. The predicted octanol–water partition coefficient (Wildman–Crippen LogP) is 2.27. The second-order valence-electron chi connectivity index (χ2n) is 4.91. The van der Waals surface area contributed by atoms with Gasteiger partial charge < -0.3 is 5.32 Å². The van der Waals surface area contributed by atoms with E-state index in [4.69, 9.17) is 0 Å². The molecule has 1 saturated heterocycles. The van der Waals surface area contributed by atoms with Crippen molar-refractivity contribution in [2.75, 3.05) is 26.2 Å². The minimum atomic E-state index is 0.879. The molecule has 96 valence electrons. The maximum absolute atomic E-state index is 4.54. The molecular formula is C13H23N3S. The van der Waals surface area contributed by atoms with Crippen molar-refractivity contribution in [2.45, 2.75) is 33.2 Å². The van der Waals surface area contributed by atoms with E-state index < -0.39 is 0 Å². The normalized spacial score (nSPS) is 18.7. The highest BCUT2D eigenvalue weighted by Gasteiger charge is 2.19. The minimum Gasteiger partial charge on any atom is -0.317 e. The van der Waals surface area contributed by atoms with Gasteiger partial charge in [0.15, 0.2) is 0 Å². The summed E-state index contributed by atoms with van der Waals surface area (Å²) in [7, 11) is 0. The molecule has 1 N–H and O–H groups in total. The highest BCUT2D eigenvalue weighted by Crippen LogP contribution is 2.19. The number of thiazole rings is 1. The number of aryl methyl sites for hydroxylation is 1. The molecule has 1 aliphatic rings. The molecule has 1 aliphatic heterocycles. The van der Waals surface area contributed by atoms with Crippen LogP contribution in [0.2, 0.25) is 0 Å². The van der Waals surface area contributed by atoms with Gasteiger partial charge in [-0.2, -0.15) is 0 Å². The van der Waals surface area contributed by atoms with Crippen molar-refractivity contribution < 1.29 is 0 Å². The zero-order valence-electron chi connectivity index (χ0n) is 10.9. The standard InChI is InChI=1S/C13H23N3S/c1-3-14-8-12-4-6-16(7-5-12)9-13-15-11(2)10-17-13/h10,12,14H,3-9H2,1-2H3. The summed E-state index contributed by atoms with van der Waals surface area (Å²) in [6, 6.07) is 0. The quantitative estimate of drug-likeness (QED) is 0.872. The lowest BCUT2D eigenvalue weighted by atomic mass is 9.97. The number of nitrogens with zero attached hydrogens (tertiary/aromatic N) is 2. The van der Waals surface area contributed by atoms with Crippen molar-refractivity contribution in [3.05, 3.63) is 16.1 Å². The molecule has 0 amide bonds. The summed E-state index contributed by atoms with van der Waals surface area (Å²) in [4.78, 5) is 7.08. The summed E-state index contributed by atoms with van der Waals surface area (Å²) in [5, 5.41) is 6.87. The van der Waals surface area contributed by atoms with Crippen molar-refractivity contribution in [2.24, 2.45) is 5.92 Å². The minimum absolute atomic E-state index is 0.879. The average molecular weight is 253 g/mol. The Morgan fingerprint density at radius 2 is 2.24 bits per heavy atom. The Morgan fingerprint density at radius 3 is 2.82 bits per heavy atom. The van der Waals surface area contributed by atoms with Crippen LogP contribution in [-0.4, -0.2) is 36.1 Å². The van der Waals surface area contributed by atoms with Crippen molar-refractivity contribution >= 4 is 11.3 Å². The molecule has 1 fully saturated rings.